The normalized spacial score (nSPS) is 20.1. The van der Waals surface area contributed by atoms with Crippen molar-refractivity contribution in [3.8, 4) is 0 Å². The standard InChI is InChI=1S/C21H21N3O2.C2HF3O2/c25-21-18-9-4-10-23(18)19-14-22(13-17-8-5-11-26-17)15-20(19)24(21)12-16-6-2-1-3-7-16;3-2(4,5)1(6)7/h1-11,19-20H,12-15H2;(H,6,7)/t19-,20+;/m0./s1. The van der Waals surface area contributed by atoms with Gasteiger partial charge in [-0.05, 0) is 29.8 Å². The Bertz CT molecular complexity index is 1100. The maximum absolute atomic E-state index is 13.1. The van der Waals surface area contributed by atoms with Crippen LogP contribution in [-0.2, 0) is 17.9 Å². The highest BCUT2D eigenvalue weighted by atomic mass is 19.4. The topological polar surface area (TPSA) is 78.9 Å². The van der Waals surface area contributed by atoms with Crippen molar-refractivity contribution in [2.45, 2.75) is 31.3 Å². The first kappa shape index (κ1) is 22.7. The molecule has 1 aromatic carbocycles. The van der Waals surface area contributed by atoms with Gasteiger partial charge in [0.2, 0.25) is 0 Å². The van der Waals surface area contributed by atoms with Gasteiger partial charge in [-0.15, -0.1) is 0 Å². The highest BCUT2D eigenvalue weighted by molar-refractivity contribution is 5.94. The van der Waals surface area contributed by atoms with Crippen LogP contribution in [0.5, 0.6) is 0 Å². The van der Waals surface area contributed by atoms with E-state index in [4.69, 9.17) is 14.3 Å². The van der Waals surface area contributed by atoms with Gasteiger partial charge in [-0.1, -0.05) is 30.3 Å². The monoisotopic (exact) mass is 461 g/mol. The van der Waals surface area contributed by atoms with E-state index in [-0.39, 0.29) is 18.0 Å². The van der Waals surface area contributed by atoms with Crippen molar-refractivity contribution in [2.75, 3.05) is 13.1 Å². The van der Waals surface area contributed by atoms with E-state index < -0.39 is 12.1 Å². The second kappa shape index (κ2) is 9.14. The molecule has 5 rings (SSSR count). The van der Waals surface area contributed by atoms with Crippen molar-refractivity contribution in [3.05, 3.63) is 84.1 Å². The van der Waals surface area contributed by atoms with Crippen LogP contribution in [-0.4, -0.2) is 56.7 Å². The van der Waals surface area contributed by atoms with Gasteiger partial charge in [0, 0.05) is 25.8 Å². The van der Waals surface area contributed by atoms with Crippen LogP contribution in [0.3, 0.4) is 0 Å². The van der Waals surface area contributed by atoms with Crippen LogP contribution in [0, 0.1) is 0 Å². The number of carboxylic acid groups (broad SMARTS) is 1. The number of amides is 1. The molecular weight excluding hydrogens is 439 g/mol. The first-order chi connectivity index (χ1) is 15.7. The summed E-state index contributed by atoms with van der Waals surface area (Å²) in [4.78, 5) is 26.4. The number of carboxylic acids is 1. The lowest BCUT2D eigenvalue weighted by atomic mass is 10.0. The largest absolute Gasteiger partial charge is 0.490 e. The molecule has 7 nitrogen and oxygen atoms in total. The van der Waals surface area contributed by atoms with Crippen LogP contribution in [0.1, 0.15) is 27.9 Å². The zero-order valence-electron chi connectivity index (χ0n) is 17.5. The summed E-state index contributed by atoms with van der Waals surface area (Å²) < 4.78 is 39.4. The molecule has 0 unspecified atom stereocenters. The van der Waals surface area contributed by atoms with Crippen molar-refractivity contribution in [1.82, 2.24) is 14.4 Å². The summed E-state index contributed by atoms with van der Waals surface area (Å²) in [5, 5.41) is 7.12. The SMILES string of the molecule is O=C(O)C(F)(F)F.O=C1c2cccn2[C@H]2CN(Cc3ccco3)C[C@H]2N1Cc1ccccc1. The molecule has 4 heterocycles. The van der Waals surface area contributed by atoms with Gasteiger partial charge in [0.15, 0.2) is 0 Å². The molecule has 0 aliphatic carbocycles. The first-order valence-electron chi connectivity index (χ1n) is 10.3. The third-order valence-electron chi connectivity index (χ3n) is 5.75. The van der Waals surface area contributed by atoms with E-state index in [0.717, 1.165) is 31.1 Å². The summed E-state index contributed by atoms with van der Waals surface area (Å²) >= 11 is 0. The lowest BCUT2D eigenvalue weighted by Gasteiger charge is -2.38. The van der Waals surface area contributed by atoms with E-state index >= 15 is 0 Å². The van der Waals surface area contributed by atoms with Gasteiger partial charge < -0.3 is 19.0 Å². The van der Waals surface area contributed by atoms with Gasteiger partial charge in [-0.3, -0.25) is 9.69 Å². The third kappa shape index (κ3) is 4.95. The number of aromatic nitrogens is 1. The van der Waals surface area contributed by atoms with Crippen LogP contribution in [0.2, 0.25) is 0 Å². The highest BCUT2D eigenvalue weighted by Crippen LogP contribution is 2.35. The van der Waals surface area contributed by atoms with Crippen molar-refractivity contribution in [3.63, 3.8) is 0 Å². The number of fused-ring (bicyclic) bond motifs is 3. The number of benzene rings is 1. The molecule has 1 fully saturated rings. The number of furan rings is 1. The minimum Gasteiger partial charge on any atom is -0.475 e. The van der Waals surface area contributed by atoms with Gasteiger partial charge in [-0.2, -0.15) is 13.2 Å². The number of nitrogens with zero attached hydrogens (tertiary/aromatic N) is 3. The maximum Gasteiger partial charge on any atom is 0.490 e. The molecule has 0 spiro atoms. The van der Waals surface area contributed by atoms with Gasteiger partial charge in [0.1, 0.15) is 11.5 Å². The molecule has 0 saturated carbocycles. The fourth-order valence-electron chi connectivity index (χ4n) is 4.31. The summed E-state index contributed by atoms with van der Waals surface area (Å²) in [6.45, 7) is 3.22. The maximum atomic E-state index is 13.1. The second-order valence-electron chi connectivity index (χ2n) is 7.93. The molecule has 2 atom stereocenters. The number of halogens is 3. The summed E-state index contributed by atoms with van der Waals surface area (Å²) in [6, 6.07) is 18.6. The number of hydrogen-bond donors (Lipinski definition) is 1. The molecule has 33 heavy (non-hydrogen) atoms. The van der Waals surface area contributed by atoms with Gasteiger partial charge in [0.25, 0.3) is 5.91 Å². The van der Waals surface area contributed by atoms with Crippen LogP contribution >= 0.6 is 0 Å². The summed E-state index contributed by atoms with van der Waals surface area (Å²) in [7, 11) is 0. The predicted octanol–water partition coefficient (Wildman–Crippen LogP) is 3.80. The minimum absolute atomic E-state index is 0.125. The molecular formula is C23H22F3N3O4. The number of carbonyl (C=O) groups is 2. The molecule has 1 N–H and O–H groups in total. The average Bonchev–Trinajstić information content (AvgIpc) is 3.52. The second-order valence-corrected chi connectivity index (χ2v) is 7.93. The number of rotatable bonds is 4. The lowest BCUT2D eigenvalue weighted by molar-refractivity contribution is -0.192. The van der Waals surface area contributed by atoms with E-state index in [2.05, 4.69) is 26.5 Å². The van der Waals surface area contributed by atoms with Crippen LogP contribution in [0.25, 0.3) is 0 Å². The quantitative estimate of drug-likeness (QED) is 0.640. The molecule has 2 aliphatic heterocycles. The number of carbonyl (C=O) groups excluding carboxylic acids is 1. The number of alkyl halides is 3. The zero-order valence-corrected chi connectivity index (χ0v) is 17.5. The van der Waals surface area contributed by atoms with E-state index in [1.165, 1.54) is 5.56 Å². The summed E-state index contributed by atoms with van der Waals surface area (Å²) in [6.07, 6.45) is -1.32. The predicted molar refractivity (Wildman–Crippen MR) is 111 cm³/mol. The minimum atomic E-state index is -5.08. The van der Waals surface area contributed by atoms with Crippen molar-refractivity contribution >= 4 is 11.9 Å². The fraction of sp³-hybridized carbons (Fsp3) is 0.304. The Kier molecular flexibility index (Phi) is 6.28. The first-order valence-corrected chi connectivity index (χ1v) is 10.3. The Morgan fingerprint density at radius 1 is 1.00 bits per heavy atom. The molecule has 2 aliphatic rings. The Balaban J connectivity index is 0.000000325. The van der Waals surface area contributed by atoms with Crippen molar-refractivity contribution in [1.29, 1.82) is 0 Å². The Morgan fingerprint density at radius 3 is 2.33 bits per heavy atom. The van der Waals surface area contributed by atoms with Gasteiger partial charge in [-0.25, -0.2) is 4.79 Å². The highest BCUT2D eigenvalue weighted by Gasteiger charge is 2.45. The number of aliphatic carboxylic acids is 1. The molecule has 0 radical (unpaired) electrons. The Morgan fingerprint density at radius 2 is 1.70 bits per heavy atom. The summed E-state index contributed by atoms with van der Waals surface area (Å²) in [5.41, 5.74) is 1.96. The van der Waals surface area contributed by atoms with Crippen LogP contribution < -0.4 is 0 Å². The van der Waals surface area contributed by atoms with E-state index in [0.29, 0.717) is 6.54 Å². The van der Waals surface area contributed by atoms with Crippen molar-refractivity contribution < 1.29 is 32.3 Å². The molecule has 10 heteroatoms. The van der Waals surface area contributed by atoms with Gasteiger partial charge in [0.05, 0.1) is 24.9 Å². The van der Waals surface area contributed by atoms with E-state index in [1.807, 2.05) is 48.7 Å². The molecule has 3 aromatic rings. The molecule has 1 amide bonds. The summed E-state index contributed by atoms with van der Waals surface area (Å²) in [5.74, 6) is -1.66. The van der Waals surface area contributed by atoms with E-state index in [1.54, 1.807) is 6.26 Å². The van der Waals surface area contributed by atoms with Crippen LogP contribution in [0.4, 0.5) is 13.2 Å². The molecule has 2 aromatic heterocycles. The van der Waals surface area contributed by atoms with E-state index in [9.17, 15) is 18.0 Å². The third-order valence-corrected chi connectivity index (χ3v) is 5.75. The lowest BCUT2D eigenvalue weighted by Crippen LogP contribution is -2.49. The molecule has 0 bridgehead atoms. The average molecular weight is 461 g/mol. The number of likely N-dealkylation sites (tertiary alicyclic amines) is 1. The fourth-order valence-corrected chi connectivity index (χ4v) is 4.31. The molecule has 174 valence electrons. The van der Waals surface area contributed by atoms with Crippen molar-refractivity contribution in [2.24, 2.45) is 0 Å². The zero-order chi connectivity index (χ0) is 23.6. The smallest absolute Gasteiger partial charge is 0.475 e. The Hall–Kier alpha value is -3.53. The van der Waals surface area contributed by atoms with Gasteiger partial charge >= 0.3 is 12.1 Å². The van der Waals surface area contributed by atoms with Crippen LogP contribution in [0.15, 0.2) is 71.5 Å². The Labute approximate surface area is 187 Å². The molecule has 1 saturated heterocycles. The number of hydrogen-bond acceptors (Lipinski definition) is 4.